The number of rotatable bonds is 4. The summed E-state index contributed by atoms with van der Waals surface area (Å²) in [5, 5.41) is 19.2. The van der Waals surface area contributed by atoms with Crippen LogP contribution < -0.4 is 5.63 Å². The SMILES string of the molecule is CCC(c1cccc(C)c1)c1oc(=O)c(CO)c(O)c1C. The van der Waals surface area contributed by atoms with Crippen molar-refractivity contribution in [1.82, 2.24) is 0 Å². The normalized spacial score (nSPS) is 12.4. The molecular formula is C17H20O4. The van der Waals surface area contributed by atoms with Crippen molar-refractivity contribution in [3.8, 4) is 5.75 Å². The Morgan fingerprint density at radius 2 is 2.00 bits per heavy atom. The van der Waals surface area contributed by atoms with Crippen molar-refractivity contribution in [2.24, 2.45) is 0 Å². The summed E-state index contributed by atoms with van der Waals surface area (Å²) in [4.78, 5) is 11.9. The van der Waals surface area contributed by atoms with E-state index in [2.05, 4.69) is 0 Å². The molecule has 1 aromatic heterocycles. The van der Waals surface area contributed by atoms with Crippen LogP contribution in [0.25, 0.3) is 0 Å². The maximum atomic E-state index is 11.9. The van der Waals surface area contributed by atoms with Crippen LogP contribution in [-0.2, 0) is 6.61 Å². The van der Waals surface area contributed by atoms with E-state index in [9.17, 15) is 9.90 Å². The summed E-state index contributed by atoms with van der Waals surface area (Å²) in [7, 11) is 0. The van der Waals surface area contributed by atoms with E-state index >= 15 is 0 Å². The molecule has 1 aromatic carbocycles. The van der Waals surface area contributed by atoms with Gasteiger partial charge in [0.25, 0.3) is 0 Å². The molecule has 0 fully saturated rings. The highest BCUT2D eigenvalue weighted by Gasteiger charge is 2.23. The third-order valence-electron chi connectivity index (χ3n) is 3.79. The van der Waals surface area contributed by atoms with E-state index in [0.29, 0.717) is 11.3 Å². The predicted molar refractivity (Wildman–Crippen MR) is 80.6 cm³/mol. The summed E-state index contributed by atoms with van der Waals surface area (Å²) in [5.74, 6) is 0.189. The predicted octanol–water partition coefficient (Wildman–Crippen LogP) is 3.00. The van der Waals surface area contributed by atoms with Gasteiger partial charge in [0, 0.05) is 11.5 Å². The molecule has 1 unspecified atom stereocenters. The minimum absolute atomic E-state index is 0.0876. The maximum absolute atomic E-state index is 11.9. The van der Waals surface area contributed by atoms with Crippen LogP contribution in [-0.4, -0.2) is 10.2 Å². The van der Waals surface area contributed by atoms with Gasteiger partial charge in [0.2, 0.25) is 0 Å². The van der Waals surface area contributed by atoms with Crippen LogP contribution in [0.5, 0.6) is 5.75 Å². The molecule has 112 valence electrons. The molecule has 0 saturated heterocycles. The molecule has 0 aliphatic heterocycles. The zero-order valence-corrected chi connectivity index (χ0v) is 12.5. The molecule has 0 spiro atoms. The van der Waals surface area contributed by atoms with Gasteiger partial charge in [-0.3, -0.25) is 0 Å². The van der Waals surface area contributed by atoms with Gasteiger partial charge in [-0.05, 0) is 25.8 Å². The Bertz CT molecular complexity index is 700. The molecule has 0 saturated carbocycles. The lowest BCUT2D eigenvalue weighted by Gasteiger charge is -2.18. The maximum Gasteiger partial charge on any atom is 0.345 e. The molecule has 21 heavy (non-hydrogen) atoms. The van der Waals surface area contributed by atoms with Crippen LogP contribution in [0.3, 0.4) is 0 Å². The fourth-order valence-electron chi connectivity index (χ4n) is 2.61. The lowest BCUT2D eigenvalue weighted by molar-refractivity contribution is 0.263. The average Bonchev–Trinajstić information content (AvgIpc) is 2.45. The smallest absolute Gasteiger partial charge is 0.345 e. The van der Waals surface area contributed by atoms with Gasteiger partial charge in [-0.25, -0.2) is 4.79 Å². The summed E-state index contributed by atoms with van der Waals surface area (Å²) in [6, 6.07) is 8.00. The Balaban J connectivity index is 2.61. The number of aryl methyl sites for hydroxylation is 1. The third kappa shape index (κ3) is 2.85. The molecule has 4 nitrogen and oxygen atoms in total. The lowest BCUT2D eigenvalue weighted by Crippen LogP contribution is -2.14. The second-order valence-electron chi connectivity index (χ2n) is 5.24. The molecule has 0 bridgehead atoms. The molecule has 1 atom stereocenters. The number of aliphatic hydroxyl groups excluding tert-OH is 1. The number of hydrogen-bond acceptors (Lipinski definition) is 4. The van der Waals surface area contributed by atoms with E-state index < -0.39 is 12.2 Å². The molecule has 4 heteroatoms. The lowest BCUT2D eigenvalue weighted by atomic mass is 9.90. The van der Waals surface area contributed by atoms with Crippen LogP contribution >= 0.6 is 0 Å². The van der Waals surface area contributed by atoms with E-state index in [4.69, 9.17) is 9.52 Å². The van der Waals surface area contributed by atoms with Crippen LogP contribution in [0.4, 0.5) is 0 Å². The van der Waals surface area contributed by atoms with Crippen LogP contribution in [0.2, 0.25) is 0 Å². The summed E-state index contributed by atoms with van der Waals surface area (Å²) in [5.41, 5.74) is 1.91. The minimum Gasteiger partial charge on any atom is -0.507 e. The highest BCUT2D eigenvalue weighted by atomic mass is 16.4. The molecule has 0 amide bonds. The Labute approximate surface area is 123 Å². The topological polar surface area (TPSA) is 70.7 Å². The van der Waals surface area contributed by atoms with Crippen molar-refractivity contribution in [3.63, 3.8) is 0 Å². The van der Waals surface area contributed by atoms with Crippen molar-refractivity contribution in [1.29, 1.82) is 0 Å². The van der Waals surface area contributed by atoms with Gasteiger partial charge in [0.15, 0.2) is 0 Å². The zero-order valence-electron chi connectivity index (χ0n) is 12.5. The van der Waals surface area contributed by atoms with E-state index in [1.807, 2.05) is 38.1 Å². The van der Waals surface area contributed by atoms with E-state index in [1.54, 1.807) is 6.92 Å². The second-order valence-corrected chi connectivity index (χ2v) is 5.24. The van der Waals surface area contributed by atoms with Crippen molar-refractivity contribution < 1.29 is 14.6 Å². The third-order valence-corrected chi connectivity index (χ3v) is 3.79. The highest BCUT2D eigenvalue weighted by molar-refractivity contribution is 5.43. The first-order chi connectivity index (χ1) is 9.99. The van der Waals surface area contributed by atoms with Gasteiger partial charge >= 0.3 is 5.63 Å². The quantitative estimate of drug-likeness (QED) is 0.907. The standard InChI is InChI=1S/C17H20O4/c1-4-13(12-7-5-6-10(2)8-12)16-11(3)15(19)14(9-18)17(20)21-16/h5-8,13,18-19H,4,9H2,1-3H3. The summed E-state index contributed by atoms with van der Waals surface area (Å²) < 4.78 is 5.38. The number of hydrogen-bond donors (Lipinski definition) is 2. The zero-order chi connectivity index (χ0) is 15.6. The van der Waals surface area contributed by atoms with Gasteiger partial charge in [-0.2, -0.15) is 0 Å². The van der Waals surface area contributed by atoms with E-state index in [1.165, 1.54) is 0 Å². The van der Waals surface area contributed by atoms with Gasteiger partial charge in [-0.1, -0.05) is 36.8 Å². The molecule has 2 N–H and O–H groups in total. The second kappa shape index (κ2) is 6.14. The molecular weight excluding hydrogens is 268 g/mol. The van der Waals surface area contributed by atoms with E-state index in [-0.39, 0.29) is 17.2 Å². The van der Waals surface area contributed by atoms with Crippen molar-refractivity contribution in [3.05, 3.63) is 62.7 Å². The first kappa shape index (κ1) is 15.3. The van der Waals surface area contributed by atoms with Gasteiger partial charge in [0.05, 0.1) is 6.61 Å². The van der Waals surface area contributed by atoms with Gasteiger partial charge in [-0.15, -0.1) is 0 Å². The Morgan fingerprint density at radius 1 is 1.29 bits per heavy atom. The fourth-order valence-corrected chi connectivity index (χ4v) is 2.61. The number of benzene rings is 1. The van der Waals surface area contributed by atoms with Crippen molar-refractivity contribution in [2.45, 2.75) is 39.7 Å². The minimum atomic E-state index is -0.679. The summed E-state index contributed by atoms with van der Waals surface area (Å²) >= 11 is 0. The van der Waals surface area contributed by atoms with Crippen molar-refractivity contribution in [2.75, 3.05) is 0 Å². The number of aliphatic hydroxyl groups is 1. The molecule has 0 radical (unpaired) electrons. The monoisotopic (exact) mass is 288 g/mol. The number of aromatic hydroxyl groups is 1. The van der Waals surface area contributed by atoms with Gasteiger partial charge < -0.3 is 14.6 Å². The molecule has 2 aromatic rings. The molecule has 0 aliphatic rings. The first-order valence-corrected chi connectivity index (χ1v) is 7.02. The summed E-state index contributed by atoms with van der Waals surface area (Å²) in [6.45, 7) is 5.18. The Kier molecular flexibility index (Phi) is 4.48. The van der Waals surface area contributed by atoms with Crippen LogP contribution in [0, 0.1) is 13.8 Å². The molecule has 0 aliphatic carbocycles. The highest BCUT2D eigenvalue weighted by Crippen LogP contribution is 2.34. The average molecular weight is 288 g/mol. The Hall–Kier alpha value is -2.07. The molecule has 2 rings (SSSR count). The molecule has 1 heterocycles. The first-order valence-electron chi connectivity index (χ1n) is 7.02. The largest absolute Gasteiger partial charge is 0.507 e. The van der Waals surface area contributed by atoms with Crippen LogP contribution in [0.15, 0.2) is 33.5 Å². The summed E-state index contributed by atoms with van der Waals surface area (Å²) in [6.07, 6.45) is 0.741. The fraction of sp³-hybridized carbons (Fsp3) is 0.353. The Morgan fingerprint density at radius 3 is 2.57 bits per heavy atom. The van der Waals surface area contributed by atoms with Crippen molar-refractivity contribution >= 4 is 0 Å². The van der Waals surface area contributed by atoms with Crippen LogP contribution in [0.1, 0.15) is 47.3 Å². The van der Waals surface area contributed by atoms with Gasteiger partial charge in [0.1, 0.15) is 17.1 Å². The van der Waals surface area contributed by atoms with E-state index in [0.717, 1.165) is 17.5 Å².